The molecule has 7 heteroatoms. The summed E-state index contributed by atoms with van der Waals surface area (Å²) >= 11 is 0. The summed E-state index contributed by atoms with van der Waals surface area (Å²) in [6.45, 7) is 7.78. The first-order valence-corrected chi connectivity index (χ1v) is 6.64. The van der Waals surface area contributed by atoms with E-state index in [9.17, 15) is 4.79 Å². The number of hydrogen-bond acceptors (Lipinski definition) is 6. The number of hydrogen-bond donors (Lipinski definition) is 1. The van der Waals surface area contributed by atoms with Crippen LogP contribution in [0, 0.1) is 6.92 Å². The normalized spacial score (nSPS) is 17.6. The van der Waals surface area contributed by atoms with E-state index in [0.29, 0.717) is 12.4 Å². The Balaban J connectivity index is 1.60. The van der Waals surface area contributed by atoms with Gasteiger partial charge < -0.3 is 19.6 Å². The van der Waals surface area contributed by atoms with E-state index >= 15 is 0 Å². The van der Waals surface area contributed by atoms with Crippen molar-refractivity contribution in [3.05, 3.63) is 11.7 Å². The van der Waals surface area contributed by atoms with Crippen molar-refractivity contribution in [3.8, 4) is 0 Å². The van der Waals surface area contributed by atoms with Crippen LogP contribution in [0.15, 0.2) is 4.52 Å². The van der Waals surface area contributed by atoms with Crippen molar-refractivity contribution >= 4 is 5.91 Å². The van der Waals surface area contributed by atoms with Gasteiger partial charge in [-0.2, -0.15) is 4.98 Å². The van der Waals surface area contributed by atoms with Gasteiger partial charge in [-0.05, 0) is 26.9 Å². The lowest BCUT2D eigenvalue weighted by atomic mass is 10.3. The second-order valence-electron chi connectivity index (χ2n) is 4.90. The fourth-order valence-electron chi connectivity index (χ4n) is 2.04. The maximum atomic E-state index is 11.6. The molecule has 0 spiro atoms. The van der Waals surface area contributed by atoms with Crippen molar-refractivity contribution in [3.63, 3.8) is 0 Å². The van der Waals surface area contributed by atoms with Gasteiger partial charge >= 0.3 is 11.8 Å². The van der Waals surface area contributed by atoms with Crippen LogP contribution in [0.3, 0.4) is 0 Å². The average Bonchev–Trinajstić information content (AvgIpc) is 2.83. The Morgan fingerprint density at radius 1 is 1.37 bits per heavy atom. The molecule has 1 aromatic rings. The van der Waals surface area contributed by atoms with Crippen molar-refractivity contribution in [2.45, 2.75) is 13.3 Å². The van der Waals surface area contributed by atoms with Crippen molar-refractivity contribution in [2.24, 2.45) is 0 Å². The highest BCUT2D eigenvalue weighted by atomic mass is 16.5. The SMILES string of the molecule is Cc1noc(C(=O)NCCCN2CCN(C)CC2)n1. The first-order chi connectivity index (χ1) is 9.15. The number of aryl methyl sites for hydroxylation is 1. The predicted molar refractivity (Wildman–Crippen MR) is 69.9 cm³/mol. The molecule has 0 aliphatic carbocycles. The van der Waals surface area contributed by atoms with Gasteiger partial charge in [0.05, 0.1) is 0 Å². The van der Waals surface area contributed by atoms with E-state index in [1.807, 2.05) is 0 Å². The Morgan fingerprint density at radius 2 is 2.11 bits per heavy atom. The van der Waals surface area contributed by atoms with Crippen molar-refractivity contribution in [2.75, 3.05) is 46.3 Å². The smallest absolute Gasteiger partial charge is 0.315 e. The Labute approximate surface area is 112 Å². The lowest BCUT2D eigenvalue weighted by Gasteiger charge is -2.32. The number of nitrogens with zero attached hydrogens (tertiary/aromatic N) is 4. The molecule has 1 amide bonds. The highest BCUT2D eigenvalue weighted by molar-refractivity contribution is 5.89. The number of amides is 1. The Kier molecular flexibility index (Phi) is 4.86. The highest BCUT2D eigenvalue weighted by Crippen LogP contribution is 2.00. The van der Waals surface area contributed by atoms with Crippen LogP contribution in [0.2, 0.25) is 0 Å². The van der Waals surface area contributed by atoms with Crippen LogP contribution in [0.1, 0.15) is 22.9 Å². The van der Waals surface area contributed by atoms with Crippen LogP contribution in [0.5, 0.6) is 0 Å². The molecule has 1 aliphatic rings. The average molecular weight is 267 g/mol. The molecule has 1 saturated heterocycles. The molecule has 1 fully saturated rings. The molecule has 0 bridgehead atoms. The highest BCUT2D eigenvalue weighted by Gasteiger charge is 2.14. The largest absolute Gasteiger partial charge is 0.348 e. The minimum atomic E-state index is -0.293. The van der Waals surface area contributed by atoms with Gasteiger partial charge in [0, 0.05) is 32.7 Å². The molecule has 106 valence electrons. The van der Waals surface area contributed by atoms with Gasteiger partial charge in [0.25, 0.3) is 0 Å². The standard InChI is InChI=1S/C12H21N5O2/c1-10-14-12(19-15-10)11(18)13-4-3-5-17-8-6-16(2)7-9-17/h3-9H2,1-2H3,(H,13,18). The molecular weight excluding hydrogens is 246 g/mol. The minimum Gasteiger partial charge on any atom is -0.348 e. The summed E-state index contributed by atoms with van der Waals surface area (Å²) < 4.78 is 4.80. The third kappa shape index (κ3) is 4.29. The van der Waals surface area contributed by atoms with Gasteiger partial charge in [0.1, 0.15) is 0 Å². The van der Waals surface area contributed by atoms with E-state index in [2.05, 4.69) is 32.3 Å². The zero-order chi connectivity index (χ0) is 13.7. The third-order valence-corrected chi connectivity index (χ3v) is 3.25. The first-order valence-electron chi connectivity index (χ1n) is 6.64. The fourth-order valence-corrected chi connectivity index (χ4v) is 2.04. The Morgan fingerprint density at radius 3 is 2.74 bits per heavy atom. The van der Waals surface area contributed by atoms with Crippen molar-refractivity contribution < 1.29 is 9.32 Å². The lowest BCUT2D eigenvalue weighted by molar-refractivity contribution is 0.0906. The van der Waals surface area contributed by atoms with Gasteiger partial charge in [0.15, 0.2) is 5.82 Å². The minimum absolute atomic E-state index is 0.0390. The van der Waals surface area contributed by atoms with Crippen LogP contribution in [0.25, 0.3) is 0 Å². The zero-order valence-corrected chi connectivity index (χ0v) is 11.6. The van der Waals surface area contributed by atoms with Gasteiger partial charge in [-0.15, -0.1) is 0 Å². The molecule has 2 rings (SSSR count). The molecule has 0 unspecified atom stereocenters. The molecule has 1 N–H and O–H groups in total. The maximum absolute atomic E-state index is 11.6. The maximum Gasteiger partial charge on any atom is 0.315 e. The topological polar surface area (TPSA) is 74.5 Å². The first kappa shape index (κ1) is 14.0. The molecule has 0 saturated carbocycles. The Hall–Kier alpha value is -1.47. The van der Waals surface area contributed by atoms with Crippen LogP contribution in [-0.4, -0.2) is 72.2 Å². The van der Waals surface area contributed by atoms with Gasteiger partial charge in [-0.25, -0.2) is 0 Å². The summed E-state index contributed by atoms with van der Waals surface area (Å²) in [7, 11) is 2.14. The van der Waals surface area contributed by atoms with Gasteiger partial charge in [-0.3, -0.25) is 4.79 Å². The predicted octanol–water partition coefficient (Wildman–Crippen LogP) is -0.255. The van der Waals surface area contributed by atoms with Crippen LogP contribution in [-0.2, 0) is 0 Å². The number of carbonyl (C=O) groups excluding carboxylic acids is 1. The number of likely N-dealkylation sites (N-methyl/N-ethyl adjacent to an activating group) is 1. The van der Waals surface area contributed by atoms with E-state index in [1.54, 1.807) is 6.92 Å². The van der Waals surface area contributed by atoms with Crippen LogP contribution >= 0.6 is 0 Å². The molecule has 0 aromatic carbocycles. The van der Waals surface area contributed by atoms with E-state index in [-0.39, 0.29) is 11.8 Å². The third-order valence-electron chi connectivity index (χ3n) is 3.25. The summed E-state index contributed by atoms with van der Waals surface area (Å²) in [5.41, 5.74) is 0. The molecule has 1 aliphatic heterocycles. The van der Waals surface area contributed by atoms with E-state index in [0.717, 1.165) is 39.1 Å². The van der Waals surface area contributed by atoms with Crippen LogP contribution in [0.4, 0.5) is 0 Å². The summed E-state index contributed by atoms with van der Waals surface area (Å²) in [6.07, 6.45) is 0.933. The number of aromatic nitrogens is 2. The quantitative estimate of drug-likeness (QED) is 0.741. The molecule has 19 heavy (non-hydrogen) atoms. The number of nitrogens with one attached hydrogen (secondary N) is 1. The summed E-state index contributed by atoms with van der Waals surface area (Å²) in [5.74, 6) is 0.221. The van der Waals surface area contributed by atoms with Gasteiger partial charge in [-0.1, -0.05) is 5.16 Å². The monoisotopic (exact) mass is 267 g/mol. The lowest BCUT2D eigenvalue weighted by Crippen LogP contribution is -2.45. The molecular formula is C12H21N5O2. The van der Waals surface area contributed by atoms with Crippen molar-refractivity contribution in [1.29, 1.82) is 0 Å². The van der Waals surface area contributed by atoms with E-state index in [4.69, 9.17) is 4.52 Å². The number of piperazine rings is 1. The second-order valence-corrected chi connectivity index (χ2v) is 4.90. The fraction of sp³-hybridized carbons (Fsp3) is 0.750. The molecule has 0 radical (unpaired) electrons. The van der Waals surface area contributed by atoms with Gasteiger partial charge in [0.2, 0.25) is 0 Å². The molecule has 7 nitrogen and oxygen atoms in total. The number of carbonyl (C=O) groups is 1. The van der Waals surface area contributed by atoms with Crippen LogP contribution < -0.4 is 5.32 Å². The molecule has 2 heterocycles. The Bertz CT molecular complexity index is 412. The molecule has 1 aromatic heterocycles. The molecule has 0 atom stereocenters. The summed E-state index contributed by atoms with van der Waals surface area (Å²) in [6, 6.07) is 0. The summed E-state index contributed by atoms with van der Waals surface area (Å²) in [4.78, 5) is 20.3. The van der Waals surface area contributed by atoms with E-state index in [1.165, 1.54) is 0 Å². The van der Waals surface area contributed by atoms with E-state index < -0.39 is 0 Å². The summed E-state index contributed by atoms with van der Waals surface area (Å²) in [5, 5.41) is 6.38. The number of rotatable bonds is 5. The zero-order valence-electron chi connectivity index (χ0n) is 11.6. The van der Waals surface area contributed by atoms with Crippen molar-refractivity contribution in [1.82, 2.24) is 25.3 Å². The second kappa shape index (κ2) is 6.63.